The minimum absolute atomic E-state index is 0.00858. The minimum atomic E-state index is -0.509. The molecular formula is C17H16N2O5. The second-order valence-electron chi connectivity index (χ2n) is 4.90. The molecular weight excluding hydrogens is 312 g/mol. The van der Waals surface area contributed by atoms with Gasteiger partial charge in [0.05, 0.1) is 12.0 Å². The fraction of sp³-hybridized carbons (Fsp3) is 0.118. The molecule has 0 saturated heterocycles. The predicted octanol–water partition coefficient (Wildman–Crippen LogP) is 3.10. The molecule has 0 atom stereocenters. The molecule has 0 aliphatic carbocycles. The molecule has 7 heteroatoms. The summed E-state index contributed by atoms with van der Waals surface area (Å²) >= 11 is 0. The Bertz CT molecular complexity index is 769. The van der Waals surface area contributed by atoms with Crippen LogP contribution in [0.2, 0.25) is 0 Å². The molecule has 0 fully saturated rings. The van der Waals surface area contributed by atoms with Gasteiger partial charge in [-0.15, -0.1) is 0 Å². The average molecular weight is 328 g/mol. The summed E-state index contributed by atoms with van der Waals surface area (Å²) in [5.41, 5.74) is 1.95. The Hall–Kier alpha value is -3.35. The zero-order valence-electron chi connectivity index (χ0n) is 12.9. The maximum Gasteiger partial charge on any atom is 0.330 e. The lowest BCUT2D eigenvalue weighted by Gasteiger charge is -2.08. The van der Waals surface area contributed by atoms with Crippen molar-refractivity contribution in [1.82, 2.24) is 0 Å². The molecule has 0 amide bonds. The molecule has 2 N–H and O–H groups in total. The highest BCUT2D eigenvalue weighted by atomic mass is 16.6. The fourth-order valence-electron chi connectivity index (χ4n) is 1.97. The van der Waals surface area contributed by atoms with Gasteiger partial charge >= 0.3 is 5.97 Å². The number of carbonyl (C=O) groups is 1. The fourth-order valence-corrected chi connectivity index (χ4v) is 1.97. The highest BCUT2D eigenvalue weighted by Gasteiger charge is 2.10. The lowest BCUT2D eigenvalue weighted by atomic mass is 10.1. The molecule has 0 radical (unpaired) electrons. The van der Waals surface area contributed by atoms with Gasteiger partial charge in [-0.2, -0.15) is 0 Å². The van der Waals surface area contributed by atoms with E-state index in [1.807, 2.05) is 0 Å². The number of ether oxygens (including phenoxy) is 1. The number of anilines is 1. The molecule has 0 aromatic heterocycles. The van der Waals surface area contributed by atoms with Crippen molar-refractivity contribution in [2.24, 2.45) is 0 Å². The van der Waals surface area contributed by atoms with E-state index in [0.717, 1.165) is 11.3 Å². The number of nitro benzene ring substituents is 1. The Labute approximate surface area is 138 Å². The Morgan fingerprint density at radius 2 is 2.00 bits per heavy atom. The van der Waals surface area contributed by atoms with E-state index in [-0.39, 0.29) is 18.0 Å². The molecule has 0 aliphatic heterocycles. The first-order chi connectivity index (χ1) is 11.5. The van der Waals surface area contributed by atoms with Crippen molar-refractivity contribution in [1.29, 1.82) is 0 Å². The van der Waals surface area contributed by atoms with Gasteiger partial charge in [0.1, 0.15) is 5.75 Å². The van der Waals surface area contributed by atoms with E-state index in [1.54, 1.807) is 30.3 Å². The Balaban J connectivity index is 2.02. The van der Waals surface area contributed by atoms with Gasteiger partial charge in [0.25, 0.3) is 5.69 Å². The predicted molar refractivity (Wildman–Crippen MR) is 89.6 cm³/mol. The topological polar surface area (TPSA) is 102 Å². The van der Waals surface area contributed by atoms with Crippen LogP contribution in [-0.4, -0.2) is 23.1 Å². The van der Waals surface area contributed by atoms with Crippen LogP contribution >= 0.6 is 0 Å². The van der Waals surface area contributed by atoms with Crippen LogP contribution in [0.15, 0.2) is 48.5 Å². The number of rotatable bonds is 6. The van der Waals surface area contributed by atoms with Gasteiger partial charge in [0.15, 0.2) is 0 Å². The van der Waals surface area contributed by atoms with Gasteiger partial charge in [-0.05, 0) is 29.8 Å². The second-order valence-corrected chi connectivity index (χ2v) is 4.90. The van der Waals surface area contributed by atoms with E-state index >= 15 is 0 Å². The first-order valence-electron chi connectivity index (χ1n) is 7.06. The van der Waals surface area contributed by atoms with E-state index in [4.69, 9.17) is 0 Å². The number of esters is 1. The monoisotopic (exact) mass is 328 g/mol. The van der Waals surface area contributed by atoms with Gasteiger partial charge in [0.2, 0.25) is 0 Å². The minimum Gasteiger partial charge on any atom is -0.508 e. The van der Waals surface area contributed by atoms with Crippen LogP contribution in [0.3, 0.4) is 0 Å². The number of methoxy groups -OCH3 is 1. The highest BCUT2D eigenvalue weighted by molar-refractivity contribution is 5.86. The van der Waals surface area contributed by atoms with Crippen LogP contribution in [0, 0.1) is 10.1 Å². The molecule has 2 aromatic rings. The van der Waals surface area contributed by atoms with E-state index in [2.05, 4.69) is 10.1 Å². The molecule has 2 rings (SSSR count). The molecule has 0 aliphatic rings. The van der Waals surface area contributed by atoms with Gasteiger partial charge in [-0.25, -0.2) is 4.79 Å². The van der Waals surface area contributed by atoms with Crippen LogP contribution in [0.1, 0.15) is 11.1 Å². The lowest BCUT2D eigenvalue weighted by Crippen LogP contribution is -2.00. The summed E-state index contributed by atoms with van der Waals surface area (Å²) in [6, 6.07) is 11.1. The summed E-state index contributed by atoms with van der Waals surface area (Å²) in [5.74, 6) is -0.441. The van der Waals surface area contributed by atoms with Crippen LogP contribution in [0.25, 0.3) is 6.08 Å². The molecule has 24 heavy (non-hydrogen) atoms. The largest absolute Gasteiger partial charge is 0.508 e. The van der Waals surface area contributed by atoms with E-state index in [9.17, 15) is 20.0 Å². The van der Waals surface area contributed by atoms with Crippen molar-refractivity contribution in [3.8, 4) is 5.75 Å². The van der Waals surface area contributed by atoms with Crippen LogP contribution in [0.5, 0.6) is 5.75 Å². The molecule has 0 bridgehead atoms. The first kappa shape index (κ1) is 17.0. The smallest absolute Gasteiger partial charge is 0.330 e. The Morgan fingerprint density at radius 3 is 2.62 bits per heavy atom. The van der Waals surface area contributed by atoms with Crippen LogP contribution in [-0.2, 0) is 16.1 Å². The zero-order valence-corrected chi connectivity index (χ0v) is 12.9. The third-order valence-corrected chi connectivity index (χ3v) is 3.28. The molecule has 0 unspecified atom stereocenters. The summed E-state index contributed by atoms with van der Waals surface area (Å²) in [7, 11) is 1.31. The quantitative estimate of drug-likeness (QED) is 0.366. The third kappa shape index (κ3) is 4.57. The number of phenolic OH excluding ortho intramolecular Hbond substituents is 1. The summed E-state index contributed by atoms with van der Waals surface area (Å²) in [6.07, 6.45) is 2.95. The van der Waals surface area contributed by atoms with Gasteiger partial charge in [-0.1, -0.05) is 12.1 Å². The number of nitro groups is 1. The normalized spacial score (nSPS) is 10.5. The van der Waals surface area contributed by atoms with Crippen molar-refractivity contribution in [3.63, 3.8) is 0 Å². The molecule has 7 nitrogen and oxygen atoms in total. The average Bonchev–Trinajstić information content (AvgIpc) is 2.59. The Morgan fingerprint density at radius 1 is 1.29 bits per heavy atom. The summed E-state index contributed by atoms with van der Waals surface area (Å²) in [4.78, 5) is 21.3. The van der Waals surface area contributed by atoms with Crippen molar-refractivity contribution in [2.75, 3.05) is 12.4 Å². The number of nitrogens with zero attached hydrogens (tertiary/aromatic N) is 1. The maximum absolute atomic E-state index is 11.0. The summed E-state index contributed by atoms with van der Waals surface area (Å²) in [5, 5.41) is 23.6. The van der Waals surface area contributed by atoms with Crippen molar-refractivity contribution < 1.29 is 19.6 Å². The summed E-state index contributed by atoms with van der Waals surface area (Å²) < 4.78 is 4.51. The number of hydrogen-bond donors (Lipinski definition) is 2. The van der Waals surface area contributed by atoms with E-state index < -0.39 is 10.9 Å². The molecule has 0 spiro atoms. The summed E-state index contributed by atoms with van der Waals surface area (Å²) in [6.45, 7) is 0.241. The SMILES string of the molecule is COC(=O)/C=C/c1ccc(NCc2cc([N+](=O)[O-])ccc2O)cc1. The van der Waals surface area contributed by atoms with Crippen molar-refractivity contribution in [3.05, 3.63) is 69.8 Å². The van der Waals surface area contributed by atoms with Crippen molar-refractivity contribution >= 4 is 23.4 Å². The molecule has 0 heterocycles. The number of hydrogen-bond acceptors (Lipinski definition) is 6. The number of non-ortho nitro benzene ring substituents is 1. The van der Waals surface area contributed by atoms with Gasteiger partial charge in [0, 0.05) is 36.0 Å². The zero-order chi connectivity index (χ0) is 17.5. The Kier molecular flexibility index (Phi) is 5.51. The number of phenols is 1. The van der Waals surface area contributed by atoms with Crippen LogP contribution < -0.4 is 5.32 Å². The number of carbonyl (C=O) groups excluding carboxylic acids is 1. The van der Waals surface area contributed by atoms with Crippen molar-refractivity contribution in [2.45, 2.75) is 6.54 Å². The maximum atomic E-state index is 11.0. The van der Waals surface area contributed by atoms with E-state index in [0.29, 0.717) is 5.56 Å². The number of benzene rings is 2. The molecule has 2 aromatic carbocycles. The highest BCUT2D eigenvalue weighted by Crippen LogP contribution is 2.24. The second kappa shape index (κ2) is 7.77. The standard InChI is InChI=1S/C17H16N2O5/c1-24-17(21)9-4-12-2-5-14(6-3-12)18-11-13-10-15(19(22)23)7-8-16(13)20/h2-10,18,20H,11H2,1H3/b9-4+. The number of aromatic hydroxyl groups is 1. The third-order valence-electron chi connectivity index (χ3n) is 3.28. The first-order valence-corrected chi connectivity index (χ1v) is 7.06. The van der Waals surface area contributed by atoms with Gasteiger partial charge < -0.3 is 15.2 Å². The van der Waals surface area contributed by atoms with Gasteiger partial charge in [-0.3, -0.25) is 10.1 Å². The molecule has 124 valence electrons. The lowest BCUT2D eigenvalue weighted by molar-refractivity contribution is -0.384. The van der Waals surface area contributed by atoms with E-state index in [1.165, 1.54) is 31.4 Å². The van der Waals surface area contributed by atoms with Crippen LogP contribution in [0.4, 0.5) is 11.4 Å². The molecule has 0 saturated carbocycles. The number of nitrogens with one attached hydrogen (secondary N) is 1.